The molecule has 0 amide bonds. The first-order chi connectivity index (χ1) is 42.6. The highest BCUT2D eigenvalue weighted by atomic mass is 14.5. The van der Waals surface area contributed by atoms with Gasteiger partial charge in [0.05, 0.1) is 0 Å². The van der Waals surface area contributed by atoms with Crippen LogP contribution in [0.2, 0.25) is 0 Å². The summed E-state index contributed by atoms with van der Waals surface area (Å²) in [5.41, 5.74) is 11.6. The lowest BCUT2D eigenvalue weighted by molar-refractivity contribution is 0.127. The van der Waals surface area contributed by atoms with Gasteiger partial charge in [0.25, 0.3) is 0 Å². The molecule has 0 aliphatic heterocycles. The number of hydrogen-bond donors (Lipinski definition) is 0. The fourth-order valence-corrected chi connectivity index (χ4v) is 9.64. The van der Waals surface area contributed by atoms with Gasteiger partial charge in [0.1, 0.15) is 0 Å². The second kappa shape index (κ2) is 74.7. The van der Waals surface area contributed by atoms with E-state index in [-0.39, 0.29) is 48.0 Å². The van der Waals surface area contributed by atoms with E-state index in [1.807, 2.05) is 187 Å². The van der Waals surface area contributed by atoms with Gasteiger partial charge in [0.15, 0.2) is 0 Å². The molecule has 0 aromatic heterocycles. The first-order valence-electron chi connectivity index (χ1n) is 34.1. The third kappa shape index (κ3) is 45.3. The van der Waals surface area contributed by atoms with Crippen molar-refractivity contribution in [3.63, 3.8) is 0 Å². The van der Waals surface area contributed by atoms with Crippen LogP contribution in [-0.4, -0.2) is 0 Å². The van der Waals surface area contributed by atoms with Gasteiger partial charge in [-0.1, -0.05) is 489 Å². The van der Waals surface area contributed by atoms with Crippen molar-refractivity contribution >= 4 is 0 Å². The SMILES string of the molecule is C.C.C.C.C.CC.CC.CC.CC.CC.CC.CC.CC.CC.CC.CC(C)(c1ccccc1)c1ccccc1.CC1CC(C)(C)CC(c2ccccc2)(c2ccccc2)C1.c1ccc(-c2ccccc2)cc1.c1ccc(Cc2ccccc2)cc1.c1ccccc1. The zero-order valence-electron chi connectivity index (χ0n) is 60.5. The third-order valence-corrected chi connectivity index (χ3v) is 12.7. The Kier molecular flexibility index (Phi) is 86.6. The second-order valence-corrected chi connectivity index (χ2v) is 19.1. The smallest absolute Gasteiger partial charge is 0.0210 e. The Labute approximate surface area is 578 Å². The summed E-state index contributed by atoms with van der Waals surface area (Å²) < 4.78 is 0. The molecule has 1 aliphatic rings. The van der Waals surface area contributed by atoms with Gasteiger partial charge in [-0.15, -0.1) is 0 Å². The fourth-order valence-electron chi connectivity index (χ4n) is 9.64. The first kappa shape index (κ1) is 107. The van der Waals surface area contributed by atoms with Crippen LogP contribution in [0.4, 0.5) is 0 Å². The molecule has 10 rings (SSSR count). The molecule has 0 nitrogen and oxygen atoms in total. The molecule has 1 atom stereocenters. The van der Waals surface area contributed by atoms with Gasteiger partial charge in [-0.3, -0.25) is 0 Å². The van der Waals surface area contributed by atoms with Crippen LogP contribution in [0.5, 0.6) is 0 Å². The van der Waals surface area contributed by atoms with Gasteiger partial charge in [-0.25, -0.2) is 0 Å². The molecule has 0 heteroatoms. The predicted molar refractivity (Wildman–Crippen MR) is 437 cm³/mol. The van der Waals surface area contributed by atoms with Crippen LogP contribution in [0, 0.1) is 11.3 Å². The molecule has 1 unspecified atom stereocenters. The Morgan fingerprint density at radius 1 is 0.283 bits per heavy atom. The number of hydrogen-bond acceptors (Lipinski definition) is 0. The molecule has 0 bridgehead atoms. The van der Waals surface area contributed by atoms with Gasteiger partial charge in [-0.2, -0.15) is 0 Å². The summed E-state index contributed by atoms with van der Waals surface area (Å²) in [4.78, 5) is 0. The quantitative estimate of drug-likeness (QED) is 0.149. The predicted octanol–water partition coefficient (Wildman–Crippen LogP) is 31.6. The average molecular weight is 1260 g/mol. The summed E-state index contributed by atoms with van der Waals surface area (Å²) in [5, 5.41) is 0. The Bertz CT molecular complexity index is 2440. The van der Waals surface area contributed by atoms with E-state index in [2.05, 4.69) is 265 Å². The molecule has 0 spiro atoms. The zero-order valence-corrected chi connectivity index (χ0v) is 60.5. The molecule has 0 heterocycles. The molecule has 92 heavy (non-hydrogen) atoms. The molecule has 1 aliphatic carbocycles. The molecule has 9 aromatic rings. The molecule has 1 fully saturated rings. The van der Waals surface area contributed by atoms with E-state index in [0.29, 0.717) is 5.41 Å². The Balaban J connectivity index is -0.000000108. The minimum Gasteiger partial charge on any atom is -0.0776 e. The highest BCUT2D eigenvalue weighted by Gasteiger charge is 2.44. The van der Waals surface area contributed by atoms with E-state index in [1.54, 1.807) is 0 Å². The second-order valence-electron chi connectivity index (χ2n) is 19.1. The summed E-state index contributed by atoms with van der Waals surface area (Å²) in [6.07, 6.45) is 4.85. The molecule has 0 radical (unpaired) electrons. The van der Waals surface area contributed by atoms with Crippen molar-refractivity contribution in [1.29, 1.82) is 0 Å². The summed E-state index contributed by atoms with van der Waals surface area (Å²) in [6, 6.07) is 97.4. The lowest BCUT2D eigenvalue weighted by Gasteiger charge is -2.48. The largest absolute Gasteiger partial charge is 0.0776 e. The van der Waals surface area contributed by atoms with Crippen molar-refractivity contribution < 1.29 is 0 Å². The Morgan fingerprint density at radius 2 is 0.478 bits per heavy atom. The maximum atomic E-state index is 2.43. The van der Waals surface area contributed by atoms with Crippen molar-refractivity contribution in [3.8, 4) is 11.1 Å². The number of rotatable bonds is 7. The summed E-state index contributed by atoms with van der Waals surface area (Å²) in [5.74, 6) is 0.758. The van der Waals surface area contributed by atoms with E-state index in [9.17, 15) is 0 Å². The van der Waals surface area contributed by atoms with Gasteiger partial charge < -0.3 is 0 Å². The van der Waals surface area contributed by atoms with Crippen LogP contribution >= 0.6 is 0 Å². The molecule has 0 N–H and O–H groups in total. The Hall–Kier alpha value is -7.02. The monoisotopic (exact) mass is 1260 g/mol. The third-order valence-electron chi connectivity index (χ3n) is 12.7. The van der Waals surface area contributed by atoms with Crippen LogP contribution in [0.3, 0.4) is 0 Å². The lowest BCUT2D eigenvalue weighted by atomic mass is 9.55. The normalized spacial score (nSPS) is 11.1. The maximum Gasteiger partial charge on any atom is 0.0210 e. The van der Waals surface area contributed by atoms with E-state index < -0.39 is 0 Å². The highest BCUT2D eigenvalue weighted by Crippen LogP contribution is 2.53. The summed E-state index contributed by atoms with van der Waals surface area (Å²) in [7, 11) is 0. The zero-order chi connectivity index (χ0) is 67.1. The van der Waals surface area contributed by atoms with Crippen molar-refractivity contribution in [2.24, 2.45) is 11.3 Å². The Morgan fingerprint density at radius 3 is 0.707 bits per heavy atom. The van der Waals surface area contributed by atoms with Gasteiger partial charge in [0, 0.05) is 10.8 Å². The van der Waals surface area contributed by atoms with Crippen molar-refractivity contribution in [3.05, 3.63) is 312 Å². The minimum absolute atomic E-state index is 0. The van der Waals surface area contributed by atoms with Crippen LogP contribution < -0.4 is 0 Å². The van der Waals surface area contributed by atoms with E-state index in [0.717, 1.165) is 12.3 Å². The van der Waals surface area contributed by atoms with Crippen molar-refractivity contribution in [1.82, 2.24) is 0 Å². The molecule has 518 valence electrons. The van der Waals surface area contributed by atoms with Crippen LogP contribution in [-0.2, 0) is 17.3 Å². The number of benzene rings is 9. The maximum absolute atomic E-state index is 2.43. The van der Waals surface area contributed by atoms with Gasteiger partial charge in [-0.05, 0) is 81.5 Å². The van der Waals surface area contributed by atoms with Crippen LogP contribution in [0.1, 0.15) is 263 Å². The molecule has 0 saturated heterocycles. The van der Waals surface area contributed by atoms with E-state index >= 15 is 0 Å². The van der Waals surface area contributed by atoms with Crippen LogP contribution in [0.15, 0.2) is 279 Å². The summed E-state index contributed by atoms with van der Waals surface area (Å²) >= 11 is 0. The topological polar surface area (TPSA) is 0 Å². The minimum atomic E-state index is 0. The molecule has 9 aromatic carbocycles. The molecular weight excluding hydrogens is 1110 g/mol. The molecular formula is C92H150. The van der Waals surface area contributed by atoms with Gasteiger partial charge >= 0.3 is 0 Å². The fraction of sp³-hybridized carbons (Fsp3) is 0.413. The van der Waals surface area contributed by atoms with Crippen LogP contribution in [0.25, 0.3) is 11.1 Å². The first-order valence-corrected chi connectivity index (χ1v) is 34.1. The van der Waals surface area contributed by atoms with E-state index in [4.69, 9.17) is 0 Å². The molecule has 1 saturated carbocycles. The van der Waals surface area contributed by atoms with E-state index in [1.165, 1.54) is 63.8 Å². The van der Waals surface area contributed by atoms with Crippen molar-refractivity contribution in [2.75, 3.05) is 0 Å². The van der Waals surface area contributed by atoms with Gasteiger partial charge in [0.2, 0.25) is 0 Å². The lowest BCUT2D eigenvalue weighted by Crippen LogP contribution is -2.41. The average Bonchev–Trinajstić information content (AvgIpc) is 0.759. The highest BCUT2D eigenvalue weighted by molar-refractivity contribution is 5.62. The van der Waals surface area contributed by atoms with Crippen molar-refractivity contribution in [2.45, 2.75) is 247 Å². The summed E-state index contributed by atoms with van der Waals surface area (Å²) in [6.45, 7) is 51.8. The standard InChI is InChI=1S/C21H26.C15H16.C13H12.C12H10.C6H6.10C2H6.5CH4/c1-17-14-20(2,3)16-21(15-17,18-10-6-4-7-11-18)19-12-8-5-9-13-19;1-15(2,13-9-5-3-6-10-13)14-11-7-4-8-12-14;1-3-7-12(8-4-1)11-13-9-5-2-6-10-13;1-3-7-11(8-4-1)12-9-5-2-6-10-12;1-2-4-6-5-3-1;10*1-2;;;;;/h4-13,17H,14-16H2,1-3H3;3-12H,1-2H3;1-10H,11H2;1-10H;1-6H;10*1-2H3;5*1H4.